The Morgan fingerprint density at radius 2 is 2.12 bits per heavy atom. The number of ether oxygens (including phenoxy) is 1. The van der Waals surface area contributed by atoms with Crippen LogP contribution in [-0.2, 0) is 0 Å². The van der Waals surface area contributed by atoms with Gasteiger partial charge in [0.15, 0.2) is 11.6 Å². The molecule has 0 N–H and O–H groups in total. The summed E-state index contributed by atoms with van der Waals surface area (Å²) in [6.07, 6.45) is 1.32. The Bertz CT molecular complexity index is 519. The molecule has 1 heterocycles. The van der Waals surface area contributed by atoms with Crippen molar-refractivity contribution < 1.29 is 9.13 Å². The summed E-state index contributed by atoms with van der Waals surface area (Å²) >= 11 is 5.74. The largest absolute Gasteiger partial charge is 0.493 e. The molecule has 0 aliphatic carbocycles. The summed E-state index contributed by atoms with van der Waals surface area (Å²) < 4.78 is 18.4. The van der Waals surface area contributed by atoms with Crippen molar-refractivity contribution in [2.24, 2.45) is 0 Å². The zero-order valence-corrected chi connectivity index (χ0v) is 9.20. The van der Waals surface area contributed by atoms with Crippen molar-refractivity contribution in [2.45, 2.75) is 0 Å². The minimum Gasteiger partial charge on any atom is -0.493 e. The smallest absolute Gasteiger partial charge is 0.165 e. The Balaban J connectivity index is 2.60. The highest BCUT2D eigenvalue weighted by Crippen LogP contribution is 2.31. The Hall–Kier alpha value is -1.68. The van der Waals surface area contributed by atoms with Crippen molar-refractivity contribution in [3.05, 3.63) is 41.6 Å². The first-order chi connectivity index (χ1) is 7.72. The maximum Gasteiger partial charge on any atom is 0.165 e. The fourth-order valence-electron chi connectivity index (χ4n) is 1.40. The van der Waals surface area contributed by atoms with E-state index < -0.39 is 5.82 Å². The van der Waals surface area contributed by atoms with Crippen LogP contribution in [0, 0.1) is 5.82 Å². The minimum atomic E-state index is -0.435. The third kappa shape index (κ3) is 1.97. The van der Waals surface area contributed by atoms with Crippen molar-refractivity contribution in [1.29, 1.82) is 0 Å². The molecule has 0 unspecified atom stereocenters. The Labute approximate surface area is 96.9 Å². The lowest BCUT2D eigenvalue weighted by Gasteiger charge is -2.08. The van der Waals surface area contributed by atoms with Crippen LogP contribution < -0.4 is 4.74 Å². The maximum absolute atomic E-state index is 13.4. The molecule has 16 heavy (non-hydrogen) atoms. The summed E-state index contributed by atoms with van der Waals surface area (Å²) in [6.45, 7) is 0. The van der Waals surface area contributed by atoms with Crippen LogP contribution >= 0.6 is 11.6 Å². The van der Waals surface area contributed by atoms with Gasteiger partial charge in [0.2, 0.25) is 0 Å². The van der Waals surface area contributed by atoms with Crippen LogP contribution in [0.25, 0.3) is 11.3 Å². The maximum atomic E-state index is 13.4. The molecule has 0 atom stereocenters. The van der Waals surface area contributed by atoms with Gasteiger partial charge in [0.05, 0.1) is 12.8 Å². The minimum absolute atomic E-state index is 0.150. The number of halogens is 2. The SMILES string of the molecule is COc1c(F)cccc1-c1cc(Cl)ncn1. The van der Waals surface area contributed by atoms with Gasteiger partial charge >= 0.3 is 0 Å². The summed E-state index contributed by atoms with van der Waals surface area (Å²) in [4.78, 5) is 7.78. The zero-order valence-electron chi connectivity index (χ0n) is 8.45. The van der Waals surface area contributed by atoms with Gasteiger partial charge in [-0.15, -0.1) is 0 Å². The van der Waals surface area contributed by atoms with Gasteiger partial charge in [-0.3, -0.25) is 0 Å². The fraction of sp³-hybridized carbons (Fsp3) is 0.0909. The van der Waals surface area contributed by atoms with Crippen molar-refractivity contribution in [3.63, 3.8) is 0 Å². The van der Waals surface area contributed by atoms with Crippen LogP contribution in [0.5, 0.6) is 5.75 Å². The quantitative estimate of drug-likeness (QED) is 0.755. The molecule has 0 aliphatic rings. The normalized spacial score (nSPS) is 10.2. The molecule has 0 radical (unpaired) electrons. The van der Waals surface area contributed by atoms with E-state index in [1.54, 1.807) is 18.2 Å². The molecule has 0 aliphatic heterocycles. The summed E-state index contributed by atoms with van der Waals surface area (Å²) in [6, 6.07) is 6.17. The number of para-hydroxylation sites is 1. The third-order valence-electron chi connectivity index (χ3n) is 2.08. The van der Waals surface area contributed by atoms with E-state index in [9.17, 15) is 4.39 Å². The molecule has 0 bridgehead atoms. The van der Waals surface area contributed by atoms with E-state index in [4.69, 9.17) is 16.3 Å². The van der Waals surface area contributed by atoms with E-state index in [0.29, 0.717) is 16.4 Å². The standard InChI is InChI=1S/C11H8ClFN2O/c1-16-11-7(3-2-4-8(11)13)9-5-10(12)15-6-14-9/h2-6H,1H3. The van der Waals surface area contributed by atoms with E-state index in [1.807, 2.05) is 0 Å². The number of nitrogens with zero attached hydrogens (tertiary/aromatic N) is 2. The molecule has 2 rings (SSSR count). The molecule has 2 aromatic rings. The molecule has 82 valence electrons. The van der Waals surface area contributed by atoms with E-state index in [0.717, 1.165) is 0 Å². The van der Waals surface area contributed by atoms with E-state index in [-0.39, 0.29) is 5.75 Å². The van der Waals surface area contributed by atoms with Crippen LogP contribution in [0.15, 0.2) is 30.6 Å². The van der Waals surface area contributed by atoms with Gasteiger partial charge in [-0.2, -0.15) is 0 Å². The average Bonchev–Trinajstić information content (AvgIpc) is 2.28. The van der Waals surface area contributed by atoms with Gasteiger partial charge in [0.25, 0.3) is 0 Å². The monoisotopic (exact) mass is 238 g/mol. The second-order valence-electron chi connectivity index (χ2n) is 3.05. The molecule has 1 aromatic heterocycles. The molecule has 5 heteroatoms. The highest BCUT2D eigenvalue weighted by Gasteiger charge is 2.11. The molecule has 3 nitrogen and oxygen atoms in total. The lowest BCUT2D eigenvalue weighted by molar-refractivity contribution is 0.388. The zero-order chi connectivity index (χ0) is 11.5. The number of methoxy groups -OCH3 is 1. The van der Waals surface area contributed by atoms with Gasteiger partial charge in [-0.1, -0.05) is 17.7 Å². The first-order valence-corrected chi connectivity index (χ1v) is 4.90. The molecule has 0 spiro atoms. The first kappa shape index (κ1) is 10.8. The molecule has 0 fully saturated rings. The van der Waals surface area contributed by atoms with Gasteiger partial charge in [0.1, 0.15) is 11.5 Å². The predicted molar refractivity (Wildman–Crippen MR) is 59.0 cm³/mol. The lowest BCUT2D eigenvalue weighted by atomic mass is 10.1. The molecule has 0 saturated carbocycles. The Kier molecular flexibility index (Phi) is 3.01. The van der Waals surface area contributed by atoms with Crippen LogP contribution in [0.1, 0.15) is 0 Å². The lowest BCUT2D eigenvalue weighted by Crippen LogP contribution is -1.93. The number of aromatic nitrogens is 2. The van der Waals surface area contributed by atoms with Gasteiger partial charge < -0.3 is 4.74 Å². The second kappa shape index (κ2) is 4.45. The number of hydrogen-bond acceptors (Lipinski definition) is 3. The van der Waals surface area contributed by atoms with Crippen LogP contribution in [0.4, 0.5) is 4.39 Å². The van der Waals surface area contributed by atoms with Crippen molar-refractivity contribution in [2.75, 3.05) is 7.11 Å². The van der Waals surface area contributed by atoms with Crippen LogP contribution in [-0.4, -0.2) is 17.1 Å². The molecule has 1 aromatic carbocycles. The fourth-order valence-corrected chi connectivity index (χ4v) is 1.55. The summed E-state index contributed by atoms with van der Waals surface area (Å²) in [5, 5.41) is 0.302. The summed E-state index contributed by atoms with van der Waals surface area (Å²) in [7, 11) is 1.41. The topological polar surface area (TPSA) is 35.0 Å². The predicted octanol–water partition coefficient (Wildman–Crippen LogP) is 2.94. The Morgan fingerprint density at radius 3 is 2.81 bits per heavy atom. The summed E-state index contributed by atoms with van der Waals surface area (Å²) in [5.41, 5.74) is 1.07. The van der Waals surface area contributed by atoms with Gasteiger partial charge in [-0.05, 0) is 12.1 Å². The van der Waals surface area contributed by atoms with Crippen LogP contribution in [0.2, 0.25) is 5.15 Å². The summed E-state index contributed by atoms with van der Waals surface area (Å²) in [5.74, 6) is -0.285. The van der Waals surface area contributed by atoms with E-state index in [2.05, 4.69) is 9.97 Å². The number of rotatable bonds is 2. The first-order valence-electron chi connectivity index (χ1n) is 4.53. The second-order valence-corrected chi connectivity index (χ2v) is 3.43. The van der Waals surface area contributed by atoms with E-state index >= 15 is 0 Å². The van der Waals surface area contributed by atoms with Crippen LogP contribution in [0.3, 0.4) is 0 Å². The third-order valence-corrected chi connectivity index (χ3v) is 2.29. The molecular formula is C11H8ClFN2O. The molecular weight excluding hydrogens is 231 g/mol. The van der Waals surface area contributed by atoms with Crippen molar-refractivity contribution in [1.82, 2.24) is 9.97 Å². The van der Waals surface area contributed by atoms with Crippen molar-refractivity contribution in [3.8, 4) is 17.0 Å². The number of hydrogen-bond donors (Lipinski definition) is 0. The number of benzene rings is 1. The average molecular weight is 239 g/mol. The van der Waals surface area contributed by atoms with Gasteiger partial charge in [-0.25, -0.2) is 14.4 Å². The highest BCUT2D eigenvalue weighted by atomic mass is 35.5. The van der Waals surface area contributed by atoms with E-state index in [1.165, 1.54) is 19.5 Å². The highest BCUT2D eigenvalue weighted by molar-refractivity contribution is 6.29. The van der Waals surface area contributed by atoms with Crippen molar-refractivity contribution >= 4 is 11.6 Å². The molecule has 0 saturated heterocycles. The van der Waals surface area contributed by atoms with Gasteiger partial charge in [0, 0.05) is 11.6 Å². The Morgan fingerprint density at radius 1 is 1.31 bits per heavy atom. The molecule has 0 amide bonds.